The van der Waals surface area contributed by atoms with Gasteiger partial charge in [-0.2, -0.15) is 0 Å². The second-order valence-corrected chi connectivity index (χ2v) is 8.22. The molecule has 4 heteroatoms. The van der Waals surface area contributed by atoms with Crippen LogP contribution < -0.4 is 0 Å². The standard InChI is InChI=1S/C29H22F4/c1-18(15-19(2)30)23-8-5-6-10-25(23)28-22(14-13-21-7-3-4-9-24(21)28)12-11-20-16-26(31)29(33)27(32)17-20/h3-10,13-14,16-19H,15H2,1-2H3. The molecule has 4 aromatic rings. The van der Waals surface area contributed by atoms with Gasteiger partial charge in [-0.05, 0) is 59.4 Å². The number of hydrogen-bond acceptors (Lipinski definition) is 0. The van der Waals surface area contributed by atoms with Crippen molar-refractivity contribution < 1.29 is 17.6 Å². The molecule has 2 atom stereocenters. The lowest BCUT2D eigenvalue weighted by Crippen LogP contribution is -2.04. The quantitative estimate of drug-likeness (QED) is 0.168. The van der Waals surface area contributed by atoms with Crippen LogP contribution in [0.2, 0.25) is 0 Å². The van der Waals surface area contributed by atoms with E-state index in [1.807, 2.05) is 67.6 Å². The highest BCUT2D eigenvalue weighted by atomic mass is 19.2. The maximum absolute atomic E-state index is 13.8. The van der Waals surface area contributed by atoms with Gasteiger partial charge in [0.2, 0.25) is 0 Å². The van der Waals surface area contributed by atoms with E-state index in [-0.39, 0.29) is 11.5 Å². The minimum absolute atomic E-state index is 0.0266. The molecule has 4 aromatic carbocycles. The van der Waals surface area contributed by atoms with Crippen LogP contribution in [0, 0.1) is 29.3 Å². The molecule has 166 valence electrons. The van der Waals surface area contributed by atoms with E-state index in [4.69, 9.17) is 0 Å². The predicted octanol–water partition coefficient (Wildman–Crippen LogP) is 8.18. The Bertz CT molecular complexity index is 1350. The first kappa shape index (κ1) is 22.6. The minimum atomic E-state index is -1.52. The summed E-state index contributed by atoms with van der Waals surface area (Å²) in [7, 11) is 0. The Morgan fingerprint density at radius 3 is 2.18 bits per heavy atom. The van der Waals surface area contributed by atoms with E-state index in [1.165, 1.54) is 0 Å². The van der Waals surface area contributed by atoms with Crippen molar-refractivity contribution in [3.05, 3.63) is 107 Å². The van der Waals surface area contributed by atoms with Crippen molar-refractivity contribution in [2.24, 2.45) is 0 Å². The van der Waals surface area contributed by atoms with E-state index >= 15 is 0 Å². The van der Waals surface area contributed by atoms with Crippen LogP contribution >= 0.6 is 0 Å². The van der Waals surface area contributed by atoms with Gasteiger partial charge < -0.3 is 0 Å². The normalized spacial score (nSPS) is 12.8. The van der Waals surface area contributed by atoms with Crippen LogP contribution in [0.25, 0.3) is 21.9 Å². The molecule has 0 aliphatic heterocycles. The number of rotatable bonds is 4. The zero-order valence-electron chi connectivity index (χ0n) is 18.3. The highest BCUT2D eigenvalue weighted by molar-refractivity contribution is 6.00. The SMILES string of the molecule is CC(F)CC(C)c1ccccc1-c1c(C#Cc2cc(F)c(F)c(F)c2)ccc2ccccc12. The Morgan fingerprint density at radius 1 is 0.788 bits per heavy atom. The summed E-state index contributed by atoms with van der Waals surface area (Å²) >= 11 is 0. The summed E-state index contributed by atoms with van der Waals surface area (Å²) < 4.78 is 54.4. The van der Waals surface area contributed by atoms with E-state index in [1.54, 1.807) is 6.92 Å². The van der Waals surface area contributed by atoms with Gasteiger partial charge in [-0.3, -0.25) is 0 Å². The van der Waals surface area contributed by atoms with E-state index in [0.29, 0.717) is 12.0 Å². The van der Waals surface area contributed by atoms with Crippen molar-refractivity contribution in [1.82, 2.24) is 0 Å². The molecule has 0 amide bonds. The smallest absolute Gasteiger partial charge is 0.194 e. The topological polar surface area (TPSA) is 0 Å². The van der Waals surface area contributed by atoms with Crippen LogP contribution in [0.4, 0.5) is 17.6 Å². The molecule has 0 saturated carbocycles. The first-order chi connectivity index (χ1) is 15.8. The first-order valence-corrected chi connectivity index (χ1v) is 10.8. The van der Waals surface area contributed by atoms with Gasteiger partial charge >= 0.3 is 0 Å². The molecule has 0 fully saturated rings. The molecule has 0 N–H and O–H groups in total. The fourth-order valence-electron chi connectivity index (χ4n) is 4.20. The van der Waals surface area contributed by atoms with E-state index in [0.717, 1.165) is 39.6 Å². The van der Waals surface area contributed by atoms with Crippen molar-refractivity contribution in [2.75, 3.05) is 0 Å². The predicted molar refractivity (Wildman–Crippen MR) is 125 cm³/mol. The maximum atomic E-state index is 13.8. The zero-order chi connectivity index (χ0) is 23.5. The highest BCUT2D eigenvalue weighted by Gasteiger charge is 2.18. The molecule has 0 nitrogen and oxygen atoms in total. The average Bonchev–Trinajstić information content (AvgIpc) is 2.80. The Hall–Kier alpha value is -3.58. The van der Waals surface area contributed by atoms with Crippen LogP contribution in [0.3, 0.4) is 0 Å². The third-order valence-electron chi connectivity index (χ3n) is 5.69. The van der Waals surface area contributed by atoms with Crippen LogP contribution in [-0.2, 0) is 0 Å². The molecule has 4 rings (SSSR count). The number of benzene rings is 4. The molecule has 0 radical (unpaired) electrons. The Balaban J connectivity index is 1.93. The molecule has 0 aromatic heterocycles. The lowest BCUT2D eigenvalue weighted by Gasteiger charge is -2.19. The lowest BCUT2D eigenvalue weighted by molar-refractivity contribution is 0.324. The molecule has 0 aliphatic carbocycles. The summed E-state index contributed by atoms with van der Waals surface area (Å²) in [6.07, 6.45) is -0.556. The molecule has 2 unspecified atom stereocenters. The van der Waals surface area contributed by atoms with Gasteiger partial charge in [-0.25, -0.2) is 17.6 Å². The van der Waals surface area contributed by atoms with E-state index < -0.39 is 23.6 Å². The third kappa shape index (κ3) is 4.78. The molecule has 0 aliphatic rings. The molecule has 33 heavy (non-hydrogen) atoms. The van der Waals surface area contributed by atoms with Gasteiger partial charge in [-0.15, -0.1) is 0 Å². The van der Waals surface area contributed by atoms with Gasteiger partial charge in [0, 0.05) is 16.7 Å². The molecule has 0 saturated heterocycles. The summed E-state index contributed by atoms with van der Waals surface area (Å²) in [5, 5.41) is 1.98. The molecule has 0 heterocycles. The fraction of sp³-hybridized carbons (Fsp3) is 0.172. The lowest BCUT2D eigenvalue weighted by atomic mass is 9.85. The maximum Gasteiger partial charge on any atom is 0.194 e. The molecule has 0 bridgehead atoms. The summed E-state index contributed by atoms with van der Waals surface area (Å²) in [4.78, 5) is 0. The van der Waals surface area contributed by atoms with Gasteiger partial charge in [0.1, 0.15) is 0 Å². The molecule has 0 spiro atoms. The van der Waals surface area contributed by atoms with Crippen LogP contribution in [0.1, 0.15) is 42.9 Å². The second kappa shape index (κ2) is 9.50. The van der Waals surface area contributed by atoms with Crippen LogP contribution in [0.15, 0.2) is 72.8 Å². The number of fused-ring (bicyclic) bond motifs is 1. The van der Waals surface area contributed by atoms with Crippen LogP contribution in [-0.4, -0.2) is 6.17 Å². The van der Waals surface area contributed by atoms with Crippen molar-refractivity contribution in [1.29, 1.82) is 0 Å². The van der Waals surface area contributed by atoms with E-state index in [2.05, 4.69) is 11.8 Å². The number of alkyl halides is 1. The second-order valence-electron chi connectivity index (χ2n) is 8.22. The van der Waals surface area contributed by atoms with Crippen molar-refractivity contribution in [3.63, 3.8) is 0 Å². The van der Waals surface area contributed by atoms with Gasteiger partial charge in [-0.1, -0.05) is 73.4 Å². The zero-order valence-corrected chi connectivity index (χ0v) is 18.3. The van der Waals surface area contributed by atoms with Crippen molar-refractivity contribution in [3.8, 4) is 23.0 Å². The third-order valence-corrected chi connectivity index (χ3v) is 5.69. The Morgan fingerprint density at radius 2 is 1.45 bits per heavy atom. The van der Waals surface area contributed by atoms with Crippen LogP contribution in [0.5, 0.6) is 0 Å². The first-order valence-electron chi connectivity index (χ1n) is 10.8. The van der Waals surface area contributed by atoms with Gasteiger partial charge in [0.25, 0.3) is 0 Å². The number of hydrogen-bond donors (Lipinski definition) is 0. The summed E-state index contributed by atoms with van der Waals surface area (Å²) in [6, 6.07) is 21.3. The fourth-order valence-corrected chi connectivity index (χ4v) is 4.20. The Kier molecular flexibility index (Phi) is 6.51. The summed E-state index contributed by atoms with van der Waals surface area (Å²) in [6.45, 7) is 3.55. The monoisotopic (exact) mass is 446 g/mol. The summed E-state index contributed by atoms with van der Waals surface area (Å²) in [5.41, 5.74) is 3.51. The minimum Gasteiger partial charge on any atom is -0.248 e. The van der Waals surface area contributed by atoms with Crippen molar-refractivity contribution in [2.45, 2.75) is 32.4 Å². The summed E-state index contributed by atoms with van der Waals surface area (Å²) in [5.74, 6) is 1.69. The molecular formula is C29H22F4. The van der Waals surface area contributed by atoms with Gasteiger partial charge in [0.15, 0.2) is 17.5 Å². The number of halogens is 4. The molecular weight excluding hydrogens is 424 g/mol. The Labute approximate surface area is 190 Å². The average molecular weight is 446 g/mol. The van der Waals surface area contributed by atoms with Gasteiger partial charge in [0.05, 0.1) is 6.17 Å². The highest BCUT2D eigenvalue weighted by Crippen LogP contribution is 2.38. The largest absolute Gasteiger partial charge is 0.248 e. The van der Waals surface area contributed by atoms with Crippen molar-refractivity contribution >= 4 is 10.8 Å². The van der Waals surface area contributed by atoms with E-state index in [9.17, 15) is 17.6 Å².